The van der Waals surface area contributed by atoms with Gasteiger partial charge < -0.3 is 4.90 Å². The minimum Gasteiger partial charge on any atom is -0.303 e. The van der Waals surface area contributed by atoms with E-state index in [1.54, 1.807) is 22.9 Å². The first-order valence-electron chi connectivity index (χ1n) is 9.65. The molecular formula is C21H27N3OS2. The fraction of sp³-hybridized carbons (Fsp3) is 0.429. The standard InChI is InChI=1S/C21H27N3OS2/c1-3-13-23(14-4-2)15-8-16-26-21(25)24-17-9-5-6-10-18(17)27-19-11-7-12-22-20(19)24/h5-7,9-12H,3-4,8,13-16H2,1-2H3. The third kappa shape index (κ3) is 5.06. The summed E-state index contributed by atoms with van der Waals surface area (Å²) >= 11 is 3.07. The number of benzene rings is 1. The molecular weight excluding hydrogens is 374 g/mol. The summed E-state index contributed by atoms with van der Waals surface area (Å²) in [5, 5.41) is 0.0558. The van der Waals surface area contributed by atoms with Crippen molar-refractivity contribution in [3.63, 3.8) is 0 Å². The molecule has 1 amide bonds. The van der Waals surface area contributed by atoms with Gasteiger partial charge >= 0.3 is 0 Å². The summed E-state index contributed by atoms with van der Waals surface area (Å²) in [6.45, 7) is 7.78. The van der Waals surface area contributed by atoms with Crippen molar-refractivity contribution in [2.75, 3.05) is 30.3 Å². The van der Waals surface area contributed by atoms with Crippen LogP contribution < -0.4 is 4.90 Å². The lowest BCUT2D eigenvalue weighted by Gasteiger charge is -2.29. The summed E-state index contributed by atoms with van der Waals surface area (Å²) in [5.41, 5.74) is 0.935. The Hall–Kier alpha value is -1.50. The number of fused-ring (bicyclic) bond motifs is 2. The molecule has 4 nitrogen and oxygen atoms in total. The minimum absolute atomic E-state index is 0.0558. The van der Waals surface area contributed by atoms with Crippen molar-refractivity contribution in [3.8, 4) is 0 Å². The molecule has 2 aromatic rings. The van der Waals surface area contributed by atoms with Gasteiger partial charge in [-0.25, -0.2) is 4.98 Å². The Morgan fingerprint density at radius 2 is 1.81 bits per heavy atom. The summed E-state index contributed by atoms with van der Waals surface area (Å²) in [6, 6.07) is 12.0. The van der Waals surface area contributed by atoms with Gasteiger partial charge in [0.05, 0.1) is 10.6 Å². The molecule has 0 radical (unpaired) electrons. The predicted octanol–water partition coefficient (Wildman–Crippen LogP) is 6.05. The van der Waals surface area contributed by atoms with E-state index in [4.69, 9.17) is 0 Å². The number of thioether (sulfide) groups is 1. The first-order chi connectivity index (χ1) is 13.2. The zero-order valence-electron chi connectivity index (χ0n) is 16.1. The SMILES string of the molecule is CCCN(CCC)CCCSC(=O)N1c2ccccc2Sc2cccnc21. The van der Waals surface area contributed by atoms with Crippen molar-refractivity contribution in [3.05, 3.63) is 42.6 Å². The van der Waals surface area contributed by atoms with Crippen molar-refractivity contribution in [2.45, 2.75) is 42.9 Å². The monoisotopic (exact) mass is 401 g/mol. The van der Waals surface area contributed by atoms with Crippen LogP contribution in [0.1, 0.15) is 33.1 Å². The van der Waals surface area contributed by atoms with E-state index in [1.807, 2.05) is 30.3 Å². The summed E-state index contributed by atoms with van der Waals surface area (Å²) < 4.78 is 0. The Bertz CT molecular complexity index is 717. The van der Waals surface area contributed by atoms with E-state index in [1.165, 1.54) is 24.6 Å². The molecule has 0 bridgehead atoms. The van der Waals surface area contributed by atoms with E-state index in [9.17, 15) is 4.79 Å². The lowest BCUT2D eigenvalue weighted by Crippen LogP contribution is -2.28. The molecule has 2 heterocycles. The molecule has 1 aromatic heterocycles. The maximum atomic E-state index is 13.0. The van der Waals surface area contributed by atoms with Gasteiger partial charge in [-0.3, -0.25) is 9.69 Å². The number of carbonyl (C=O) groups is 1. The predicted molar refractivity (Wildman–Crippen MR) is 116 cm³/mol. The van der Waals surface area contributed by atoms with Gasteiger partial charge in [0.1, 0.15) is 0 Å². The van der Waals surface area contributed by atoms with E-state index in [0.29, 0.717) is 0 Å². The molecule has 6 heteroatoms. The van der Waals surface area contributed by atoms with Crippen LogP contribution in [0.5, 0.6) is 0 Å². The number of anilines is 2. The second-order valence-electron chi connectivity index (χ2n) is 6.54. The summed E-state index contributed by atoms with van der Waals surface area (Å²) in [4.78, 5) is 23.9. The van der Waals surface area contributed by atoms with E-state index >= 15 is 0 Å². The molecule has 3 rings (SSSR count). The van der Waals surface area contributed by atoms with Crippen LogP contribution in [0, 0.1) is 0 Å². The fourth-order valence-electron chi connectivity index (χ4n) is 3.26. The average molecular weight is 402 g/mol. The van der Waals surface area contributed by atoms with Crippen molar-refractivity contribution in [1.29, 1.82) is 0 Å². The van der Waals surface area contributed by atoms with Crippen LogP contribution >= 0.6 is 23.5 Å². The van der Waals surface area contributed by atoms with Crippen molar-refractivity contribution < 1.29 is 4.79 Å². The Morgan fingerprint density at radius 1 is 1.07 bits per heavy atom. The van der Waals surface area contributed by atoms with Gasteiger partial charge in [0.15, 0.2) is 5.82 Å². The zero-order chi connectivity index (χ0) is 19.1. The van der Waals surface area contributed by atoms with Gasteiger partial charge in [-0.15, -0.1) is 0 Å². The van der Waals surface area contributed by atoms with E-state index in [-0.39, 0.29) is 5.24 Å². The van der Waals surface area contributed by atoms with Crippen LogP contribution in [-0.4, -0.2) is 40.5 Å². The van der Waals surface area contributed by atoms with E-state index in [2.05, 4.69) is 29.8 Å². The third-order valence-electron chi connectivity index (χ3n) is 4.40. The van der Waals surface area contributed by atoms with Gasteiger partial charge in [0.2, 0.25) is 0 Å². The van der Waals surface area contributed by atoms with Crippen LogP contribution in [0.3, 0.4) is 0 Å². The van der Waals surface area contributed by atoms with Gasteiger partial charge in [-0.1, -0.05) is 49.5 Å². The maximum absolute atomic E-state index is 13.0. The summed E-state index contributed by atoms with van der Waals surface area (Å²) in [7, 11) is 0. The Balaban J connectivity index is 1.65. The number of hydrogen-bond donors (Lipinski definition) is 0. The molecule has 0 unspecified atom stereocenters. The Labute approximate surface area is 170 Å². The number of para-hydroxylation sites is 1. The largest absolute Gasteiger partial charge is 0.303 e. The van der Waals surface area contributed by atoms with Crippen LogP contribution in [0.25, 0.3) is 0 Å². The van der Waals surface area contributed by atoms with Crippen LogP contribution in [0.15, 0.2) is 52.4 Å². The lowest BCUT2D eigenvalue weighted by molar-refractivity contribution is 0.266. The number of rotatable bonds is 8. The van der Waals surface area contributed by atoms with Crippen LogP contribution in [-0.2, 0) is 0 Å². The molecule has 0 saturated carbocycles. The number of nitrogens with zero attached hydrogens (tertiary/aromatic N) is 3. The van der Waals surface area contributed by atoms with Gasteiger partial charge in [0, 0.05) is 16.8 Å². The summed E-state index contributed by atoms with van der Waals surface area (Å²) in [6.07, 6.45) is 5.13. The molecule has 1 aromatic carbocycles. The number of aromatic nitrogens is 1. The highest BCUT2D eigenvalue weighted by atomic mass is 32.2. The quantitative estimate of drug-likeness (QED) is 0.503. The zero-order valence-corrected chi connectivity index (χ0v) is 17.7. The van der Waals surface area contributed by atoms with Gasteiger partial charge in [-0.2, -0.15) is 0 Å². The molecule has 144 valence electrons. The second-order valence-corrected chi connectivity index (χ2v) is 8.67. The normalized spacial score (nSPS) is 12.8. The minimum atomic E-state index is 0.0558. The van der Waals surface area contributed by atoms with Crippen molar-refractivity contribution >= 4 is 40.3 Å². The molecule has 0 N–H and O–H groups in total. The highest BCUT2D eigenvalue weighted by Crippen LogP contribution is 2.47. The molecule has 27 heavy (non-hydrogen) atoms. The highest BCUT2D eigenvalue weighted by Gasteiger charge is 2.29. The highest BCUT2D eigenvalue weighted by molar-refractivity contribution is 8.13. The number of hydrogen-bond acceptors (Lipinski definition) is 5. The first kappa shape index (κ1) is 20.2. The Morgan fingerprint density at radius 3 is 2.59 bits per heavy atom. The van der Waals surface area contributed by atoms with E-state index in [0.717, 1.165) is 53.1 Å². The number of pyridine rings is 1. The lowest BCUT2D eigenvalue weighted by atomic mass is 10.3. The topological polar surface area (TPSA) is 36.4 Å². The number of amides is 1. The van der Waals surface area contributed by atoms with Crippen molar-refractivity contribution in [1.82, 2.24) is 9.88 Å². The molecule has 1 aliphatic rings. The van der Waals surface area contributed by atoms with Crippen LogP contribution in [0.4, 0.5) is 16.3 Å². The van der Waals surface area contributed by atoms with E-state index < -0.39 is 0 Å². The molecule has 0 fully saturated rings. The average Bonchev–Trinajstić information content (AvgIpc) is 2.69. The maximum Gasteiger partial charge on any atom is 0.291 e. The second kappa shape index (κ2) is 10.2. The van der Waals surface area contributed by atoms with Gasteiger partial charge in [-0.05, 0) is 63.2 Å². The summed E-state index contributed by atoms with van der Waals surface area (Å²) in [5.74, 6) is 1.58. The fourth-order valence-corrected chi connectivity index (χ4v) is 5.05. The first-order valence-corrected chi connectivity index (χ1v) is 11.5. The smallest absolute Gasteiger partial charge is 0.291 e. The van der Waals surface area contributed by atoms with Crippen LogP contribution in [0.2, 0.25) is 0 Å². The molecule has 0 atom stereocenters. The third-order valence-corrected chi connectivity index (χ3v) is 6.42. The molecule has 1 aliphatic heterocycles. The van der Waals surface area contributed by atoms with Crippen molar-refractivity contribution in [2.24, 2.45) is 0 Å². The van der Waals surface area contributed by atoms with Gasteiger partial charge in [0.25, 0.3) is 5.24 Å². The number of carbonyl (C=O) groups excluding carboxylic acids is 1. The molecule has 0 saturated heterocycles. The molecule has 0 spiro atoms. The molecule has 0 aliphatic carbocycles. The Kier molecular flexibility index (Phi) is 7.61.